The third-order valence-corrected chi connectivity index (χ3v) is 5.09. The number of amides is 3. The van der Waals surface area contributed by atoms with Crippen LogP contribution in [0.15, 0.2) is 36.8 Å². The van der Waals surface area contributed by atoms with E-state index in [1.807, 2.05) is 23.0 Å². The van der Waals surface area contributed by atoms with E-state index >= 15 is 0 Å². The molecule has 1 saturated carbocycles. The Balaban J connectivity index is 1.28. The molecule has 0 atom stereocenters. The van der Waals surface area contributed by atoms with E-state index in [0.717, 1.165) is 25.8 Å². The minimum atomic E-state index is -0.134. The predicted molar refractivity (Wildman–Crippen MR) is 111 cm³/mol. The Labute approximate surface area is 171 Å². The van der Waals surface area contributed by atoms with E-state index in [2.05, 4.69) is 26.0 Å². The summed E-state index contributed by atoms with van der Waals surface area (Å²) in [6, 6.07) is 5.91. The van der Waals surface area contributed by atoms with Crippen LogP contribution in [-0.2, 0) is 17.8 Å². The van der Waals surface area contributed by atoms with Crippen LogP contribution in [-0.4, -0.2) is 39.3 Å². The molecule has 0 saturated heterocycles. The number of carbonyl (C=O) groups excluding carboxylic acids is 2. The van der Waals surface area contributed by atoms with Gasteiger partial charge in [0.05, 0.1) is 0 Å². The molecular formula is C21H30N6O2. The second kappa shape index (κ2) is 11.2. The standard InChI is InChI=1S/C21H30N6O2/c28-20(7-4-12-23-21(29)24-18-5-2-1-3-6-18)25-19-11-16-27(26-19)15-10-17-8-13-22-14-9-17/h8-9,11,13-14,16,18H,1-7,10,12,15H2,(H2,23,24,29)(H,25,26,28). The summed E-state index contributed by atoms with van der Waals surface area (Å²) in [6.45, 7) is 1.21. The van der Waals surface area contributed by atoms with E-state index in [0.29, 0.717) is 31.2 Å². The lowest BCUT2D eigenvalue weighted by molar-refractivity contribution is -0.116. The molecule has 2 aromatic rings. The lowest BCUT2D eigenvalue weighted by Gasteiger charge is -2.22. The molecule has 3 rings (SSSR count). The van der Waals surface area contributed by atoms with Crippen molar-refractivity contribution in [3.05, 3.63) is 42.4 Å². The van der Waals surface area contributed by atoms with E-state index in [1.165, 1.54) is 24.8 Å². The van der Waals surface area contributed by atoms with E-state index in [1.54, 1.807) is 18.5 Å². The molecule has 0 bridgehead atoms. The first-order valence-corrected chi connectivity index (χ1v) is 10.5. The van der Waals surface area contributed by atoms with Crippen molar-refractivity contribution < 1.29 is 9.59 Å². The third-order valence-electron chi connectivity index (χ3n) is 5.09. The lowest BCUT2D eigenvalue weighted by Crippen LogP contribution is -2.43. The van der Waals surface area contributed by atoms with Gasteiger partial charge in [0.15, 0.2) is 5.82 Å². The maximum Gasteiger partial charge on any atom is 0.315 e. The molecule has 8 heteroatoms. The van der Waals surface area contributed by atoms with Gasteiger partial charge in [0.1, 0.15) is 0 Å². The Bertz CT molecular complexity index is 770. The minimum Gasteiger partial charge on any atom is -0.338 e. The number of anilines is 1. The molecule has 1 aliphatic rings. The van der Waals surface area contributed by atoms with Crippen LogP contribution in [0.2, 0.25) is 0 Å². The van der Waals surface area contributed by atoms with E-state index in [9.17, 15) is 9.59 Å². The van der Waals surface area contributed by atoms with Crippen molar-refractivity contribution >= 4 is 17.8 Å². The molecule has 1 aliphatic carbocycles. The first kappa shape index (κ1) is 20.8. The first-order chi connectivity index (χ1) is 14.2. The zero-order valence-electron chi connectivity index (χ0n) is 16.8. The summed E-state index contributed by atoms with van der Waals surface area (Å²) < 4.78 is 1.81. The highest BCUT2D eigenvalue weighted by atomic mass is 16.2. The molecule has 3 amide bonds. The SMILES string of the molecule is O=C(CCCNC(=O)NC1CCCCC1)Nc1ccn(CCc2ccncc2)n1. The summed E-state index contributed by atoms with van der Waals surface area (Å²) in [6.07, 6.45) is 12.9. The van der Waals surface area contributed by atoms with Gasteiger partial charge in [0.25, 0.3) is 0 Å². The first-order valence-electron chi connectivity index (χ1n) is 10.5. The van der Waals surface area contributed by atoms with Gasteiger partial charge in [-0.1, -0.05) is 19.3 Å². The second-order valence-corrected chi connectivity index (χ2v) is 7.46. The monoisotopic (exact) mass is 398 g/mol. The van der Waals surface area contributed by atoms with Crippen molar-refractivity contribution in [3.8, 4) is 0 Å². The van der Waals surface area contributed by atoms with Crippen molar-refractivity contribution in [2.75, 3.05) is 11.9 Å². The quantitative estimate of drug-likeness (QED) is 0.565. The van der Waals surface area contributed by atoms with Crippen molar-refractivity contribution in [1.82, 2.24) is 25.4 Å². The normalized spacial score (nSPS) is 14.3. The molecule has 1 fully saturated rings. The molecule has 29 heavy (non-hydrogen) atoms. The number of nitrogens with one attached hydrogen (secondary N) is 3. The van der Waals surface area contributed by atoms with Gasteiger partial charge >= 0.3 is 6.03 Å². The molecule has 0 spiro atoms. The number of hydrogen-bond acceptors (Lipinski definition) is 4. The number of nitrogens with zero attached hydrogens (tertiary/aromatic N) is 3. The minimum absolute atomic E-state index is 0.0983. The number of aromatic nitrogens is 3. The van der Waals surface area contributed by atoms with Gasteiger partial charge in [-0.2, -0.15) is 5.10 Å². The average molecular weight is 399 g/mol. The van der Waals surface area contributed by atoms with Gasteiger partial charge in [0.2, 0.25) is 5.91 Å². The van der Waals surface area contributed by atoms with Crippen LogP contribution < -0.4 is 16.0 Å². The fraction of sp³-hybridized carbons (Fsp3) is 0.524. The summed E-state index contributed by atoms with van der Waals surface area (Å²) in [5, 5.41) is 13.0. The fourth-order valence-electron chi connectivity index (χ4n) is 3.49. The molecule has 2 aromatic heterocycles. The van der Waals surface area contributed by atoms with Crippen molar-refractivity contribution in [2.45, 2.75) is 64.0 Å². The van der Waals surface area contributed by atoms with Gasteiger partial charge in [-0.05, 0) is 43.4 Å². The van der Waals surface area contributed by atoms with E-state index < -0.39 is 0 Å². The molecule has 3 N–H and O–H groups in total. The van der Waals surface area contributed by atoms with Gasteiger partial charge in [-0.3, -0.25) is 14.5 Å². The van der Waals surface area contributed by atoms with Crippen LogP contribution in [0.1, 0.15) is 50.5 Å². The van der Waals surface area contributed by atoms with Crippen LogP contribution >= 0.6 is 0 Å². The van der Waals surface area contributed by atoms with Gasteiger partial charge in [-0.15, -0.1) is 0 Å². The van der Waals surface area contributed by atoms with Gasteiger partial charge < -0.3 is 16.0 Å². The van der Waals surface area contributed by atoms with Crippen molar-refractivity contribution in [3.63, 3.8) is 0 Å². The highest BCUT2D eigenvalue weighted by molar-refractivity contribution is 5.89. The largest absolute Gasteiger partial charge is 0.338 e. The fourth-order valence-corrected chi connectivity index (χ4v) is 3.49. The third kappa shape index (κ3) is 7.56. The molecule has 0 unspecified atom stereocenters. The zero-order valence-corrected chi connectivity index (χ0v) is 16.8. The van der Waals surface area contributed by atoms with Crippen molar-refractivity contribution in [1.29, 1.82) is 0 Å². The van der Waals surface area contributed by atoms with Crippen LogP contribution in [0.25, 0.3) is 0 Å². The number of urea groups is 1. The molecule has 8 nitrogen and oxygen atoms in total. The maximum atomic E-state index is 12.1. The molecule has 0 aromatic carbocycles. The molecule has 0 radical (unpaired) electrons. The van der Waals surface area contributed by atoms with Crippen LogP contribution in [0.4, 0.5) is 10.6 Å². The Morgan fingerprint density at radius 2 is 1.90 bits per heavy atom. The average Bonchev–Trinajstić information content (AvgIpc) is 3.18. The number of hydrogen-bond donors (Lipinski definition) is 3. The number of aryl methyl sites for hydroxylation is 2. The smallest absolute Gasteiger partial charge is 0.315 e. The Morgan fingerprint density at radius 3 is 2.69 bits per heavy atom. The van der Waals surface area contributed by atoms with Crippen LogP contribution in [0.5, 0.6) is 0 Å². The van der Waals surface area contributed by atoms with Crippen LogP contribution in [0.3, 0.4) is 0 Å². The van der Waals surface area contributed by atoms with Crippen LogP contribution in [0, 0.1) is 0 Å². The summed E-state index contributed by atoms with van der Waals surface area (Å²) in [7, 11) is 0. The lowest BCUT2D eigenvalue weighted by atomic mass is 9.96. The van der Waals surface area contributed by atoms with E-state index in [-0.39, 0.29) is 11.9 Å². The summed E-state index contributed by atoms with van der Waals surface area (Å²) >= 11 is 0. The van der Waals surface area contributed by atoms with Crippen molar-refractivity contribution in [2.24, 2.45) is 0 Å². The Morgan fingerprint density at radius 1 is 1.10 bits per heavy atom. The molecule has 2 heterocycles. The second-order valence-electron chi connectivity index (χ2n) is 7.46. The Hall–Kier alpha value is -2.90. The zero-order chi connectivity index (χ0) is 20.3. The molecular weight excluding hydrogens is 368 g/mol. The summed E-state index contributed by atoms with van der Waals surface area (Å²) in [5.41, 5.74) is 1.20. The number of rotatable bonds is 9. The maximum absolute atomic E-state index is 12.1. The number of carbonyl (C=O) groups is 2. The summed E-state index contributed by atoms with van der Waals surface area (Å²) in [5.74, 6) is 0.451. The highest BCUT2D eigenvalue weighted by Gasteiger charge is 2.15. The molecule has 156 valence electrons. The Kier molecular flexibility index (Phi) is 8.03. The topological polar surface area (TPSA) is 101 Å². The predicted octanol–water partition coefficient (Wildman–Crippen LogP) is 2.87. The van der Waals surface area contributed by atoms with E-state index in [4.69, 9.17) is 0 Å². The molecule has 0 aliphatic heterocycles. The highest BCUT2D eigenvalue weighted by Crippen LogP contribution is 2.17. The number of pyridine rings is 1. The van der Waals surface area contributed by atoms with Gasteiger partial charge in [-0.25, -0.2) is 4.79 Å². The van der Waals surface area contributed by atoms with Gasteiger partial charge in [0, 0.05) is 50.2 Å². The summed E-state index contributed by atoms with van der Waals surface area (Å²) in [4.78, 5) is 27.9.